The van der Waals surface area contributed by atoms with Gasteiger partial charge in [-0.25, -0.2) is 0 Å². The first-order valence-electron chi connectivity index (χ1n) is 5.12. The van der Waals surface area contributed by atoms with Crippen LogP contribution in [0.5, 0.6) is 0 Å². The van der Waals surface area contributed by atoms with Gasteiger partial charge in [-0.3, -0.25) is 0 Å². The van der Waals surface area contributed by atoms with Crippen molar-refractivity contribution in [1.29, 1.82) is 5.26 Å². The molecule has 0 saturated carbocycles. The lowest BCUT2D eigenvalue weighted by Crippen LogP contribution is -2.48. The van der Waals surface area contributed by atoms with Gasteiger partial charge in [-0.15, -0.1) is 0 Å². The number of hydrogen-bond donors (Lipinski definition) is 0. The van der Waals surface area contributed by atoms with Gasteiger partial charge in [0.2, 0.25) is 0 Å². The molecule has 74 valence electrons. The molecule has 1 unspecified atom stereocenters. The predicted octanol–water partition coefficient (Wildman–Crippen LogP) is 2.60. The zero-order valence-corrected chi connectivity index (χ0v) is 8.84. The summed E-state index contributed by atoms with van der Waals surface area (Å²) in [5, 5.41) is 9.03. The predicted molar refractivity (Wildman–Crippen MR) is 52.1 cm³/mol. The molecule has 1 heterocycles. The van der Waals surface area contributed by atoms with Crippen molar-refractivity contribution in [2.75, 3.05) is 13.2 Å². The van der Waals surface area contributed by atoms with Crippen LogP contribution in [0.3, 0.4) is 0 Å². The lowest BCUT2D eigenvalue weighted by atomic mass is 9.68. The van der Waals surface area contributed by atoms with Crippen LogP contribution in [0.1, 0.15) is 33.6 Å². The molecule has 0 spiro atoms. The SMILES string of the molecule is CCC(C#N)C1(CC(C)C)COC1. The van der Waals surface area contributed by atoms with E-state index in [-0.39, 0.29) is 11.3 Å². The molecule has 0 aromatic heterocycles. The second kappa shape index (κ2) is 4.11. The molecule has 1 aliphatic rings. The minimum absolute atomic E-state index is 0.178. The first-order valence-corrected chi connectivity index (χ1v) is 5.12. The van der Waals surface area contributed by atoms with Crippen molar-refractivity contribution in [3.8, 4) is 6.07 Å². The number of hydrogen-bond acceptors (Lipinski definition) is 2. The van der Waals surface area contributed by atoms with Crippen LogP contribution in [0.4, 0.5) is 0 Å². The molecule has 1 saturated heterocycles. The molecule has 1 atom stereocenters. The van der Waals surface area contributed by atoms with E-state index in [0.29, 0.717) is 5.92 Å². The Hall–Kier alpha value is -0.550. The molecule has 1 aliphatic heterocycles. The summed E-state index contributed by atoms with van der Waals surface area (Å²) in [6.07, 6.45) is 2.08. The third kappa shape index (κ3) is 2.03. The number of ether oxygens (including phenoxy) is 1. The van der Waals surface area contributed by atoms with Gasteiger partial charge in [0.25, 0.3) is 0 Å². The van der Waals surface area contributed by atoms with Crippen LogP contribution in [-0.2, 0) is 4.74 Å². The number of nitrogens with zero attached hydrogens (tertiary/aromatic N) is 1. The fraction of sp³-hybridized carbons (Fsp3) is 0.909. The van der Waals surface area contributed by atoms with Crippen LogP contribution in [0.15, 0.2) is 0 Å². The van der Waals surface area contributed by atoms with Gasteiger partial charge in [0.15, 0.2) is 0 Å². The smallest absolute Gasteiger partial charge is 0.0663 e. The summed E-state index contributed by atoms with van der Waals surface area (Å²) in [4.78, 5) is 0. The Labute approximate surface area is 80.9 Å². The van der Waals surface area contributed by atoms with E-state index in [9.17, 15) is 0 Å². The topological polar surface area (TPSA) is 33.0 Å². The molecule has 2 nitrogen and oxygen atoms in total. The molecule has 0 aliphatic carbocycles. The maximum absolute atomic E-state index is 9.03. The van der Waals surface area contributed by atoms with E-state index < -0.39 is 0 Å². The summed E-state index contributed by atoms with van der Waals surface area (Å²) in [6, 6.07) is 2.42. The molecule has 0 bridgehead atoms. The maximum Gasteiger partial charge on any atom is 0.0663 e. The van der Waals surface area contributed by atoms with Gasteiger partial charge < -0.3 is 4.74 Å². The summed E-state index contributed by atoms with van der Waals surface area (Å²) in [7, 11) is 0. The van der Waals surface area contributed by atoms with E-state index >= 15 is 0 Å². The molecule has 1 rings (SSSR count). The van der Waals surface area contributed by atoms with E-state index in [1.807, 2.05) is 0 Å². The average Bonchev–Trinajstić information content (AvgIpc) is 2.01. The van der Waals surface area contributed by atoms with Gasteiger partial charge in [0, 0.05) is 5.41 Å². The fourth-order valence-electron chi connectivity index (χ4n) is 2.30. The molecule has 1 fully saturated rings. The molecule has 0 amide bonds. The average molecular weight is 181 g/mol. The third-order valence-corrected chi connectivity index (χ3v) is 2.90. The molecule has 0 aromatic rings. The van der Waals surface area contributed by atoms with Crippen molar-refractivity contribution in [1.82, 2.24) is 0 Å². The molecule has 2 heteroatoms. The molecule has 0 N–H and O–H groups in total. The quantitative estimate of drug-likeness (QED) is 0.668. The second-order valence-corrected chi connectivity index (χ2v) is 4.54. The highest BCUT2D eigenvalue weighted by atomic mass is 16.5. The minimum atomic E-state index is 0.178. The highest BCUT2D eigenvalue weighted by molar-refractivity contribution is 5.01. The monoisotopic (exact) mass is 181 g/mol. The van der Waals surface area contributed by atoms with Crippen molar-refractivity contribution in [3.63, 3.8) is 0 Å². The van der Waals surface area contributed by atoms with Crippen LogP contribution < -0.4 is 0 Å². The molecule has 0 aromatic carbocycles. The zero-order chi connectivity index (χ0) is 9.90. The standard InChI is InChI=1S/C11H19NO/c1-4-10(6-12)11(5-9(2)3)7-13-8-11/h9-10H,4-5,7-8H2,1-3H3. The van der Waals surface area contributed by atoms with E-state index in [1.165, 1.54) is 0 Å². The zero-order valence-electron chi connectivity index (χ0n) is 8.84. The van der Waals surface area contributed by atoms with Crippen molar-refractivity contribution in [2.45, 2.75) is 33.6 Å². The molecule has 0 radical (unpaired) electrons. The largest absolute Gasteiger partial charge is 0.380 e. The normalized spacial score (nSPS) is 22.1. The van der Waals surface area contributed by atoms with Crippen LogP contribution in [-0.4, -0.2) is 13.2 Å². The van der Waals surface area contributed by atoms with Crippen LogP contribution in [0.25, 0.3) is 0 Å². The van der Waals surface area contributed by atoms with Gasteiger partial charge in [-0.2, -0.15) is 5.26 Å². The molecular weight excluding hydrogens is 162 g/mol. The second-order valence-electron chi connectivity index (χ2n) is 4.54. The summed E-state index contributed by atoms with van der Waals surface area (Å²) in [5.74, 6) is 0.843. The maximum atomic E-state index is 9.03. The first kappa shape index (κ1) is 10.5. The van der Waals surface area contributed by atoms with Crippen molar-refractivity contribution in [3.05, 3.63) is 0 Å². The van der Waals surface area contributed by atoms with E-state index in [4.69, 9.17) is 10.00 Å². The summed E-state index contributed by atoms with van der Waals surface area (Å²) in [6.45, 7) is 8.09. The van der Waals surface area contributed by atoms with Gasteiger partial charge in [0.05, 0.1) is 25.2 Å². The molecular formula is C11H19NO. The fourth-order valence-corrected chi connectivity index (χ4v) is 2.30. The Kier molecular flexibility index (Phi) is 3.33. The van der Waals surface area contributed by atoms with Gasteiger partial charge in [-0.05, 0) is 18.8 Å². The van der Waals surface area contributed by atoms with Gasteiger partial charge in [0.1, 0.15) is 0 Å². The van der Waals surface area contributed by atoms with E-state index in [2.05, 4.69) is 26.8 Å². The van der Waals surface area contributed by atoms with Crippen LogP contribution in [0, 0.1) is 28.6 Å². The van der Waals surface area contributed by atoms with E-state index in [0.717, 1.165) is 26.1 Å². The number of rotatable bonds is 4. The lowest BCUT2D eigenvalue weighted by Gasteiger charge is -2.45. The number of nitriles is 1. The summed E-state index contributed by atoms with van der Waals surface area (Å²) >= 11 is 0. The highest BCUT2D eigenvalue weighted by Gasteiger charge is 2.45. The third-order valence-electron chi connectivity index (χ3n) is 2.90. The van der Waals surface area contributed by atoms with Gasteiger partial charge >= 0.3 is 0 Å². The van der Waals surface area contributed by atoms with Crippen molar-refractivity contribution >= 4 is 0 Å². The Morgan fingerprint density at radius 1 is 1.46 bits per heavy atom. The summed E-state index contributed by atoms with van der Waals surface area (Å²) < 4.78 is 5.27. The Morgan fingerprint density at radius 3 is 2.31 bits per heavy atom. The van der Waals surface area contributed by atoms with Crippen molar-refractivity contribution < 1.29 is 4.74 Å². The lowest BCUT2D eigenvalue weighted by molar-refractivity contribution is -0.144. The molecule has 13 heavy (non-hydrogen) atoms. The highest BCUT2D eigenvalue weighted by Crippen LogP contribution is 2.42. The first-order chi connectivity index (χ1) is 6.14. The minimum Gasteiger partial charge on any atom is -0.380 e. The summed E-state index contributed by atoms with van der Waals surface area (Å²) in [5.41, 5.74) is 0.178. The van der Waals surface area contributed by atoms with Crippen LogP contribution in [0.2, 0.25) is 0 Å². The Bertz CT molecular complexity index is 201. The van der Waals surface area contributed by atoms with Gasteiger partial charge in [-0.1, -0.05) is 20.8 Å². The Morgan fingerprint density at radius 2 is 2.08 bits per heavy atom. The van der Waals surface area contributed by atoms with Crippen LogP contribution >= 0.6 is 0 Å². The van der Waals surface area contributed by atoms with Crippen molar-refractivity contribution in [2.24, 2.45) is 17.3 Å². The Balaban J connectivity index is 2.63. The van der Waals surface area contributed by atoms with E-state index in [1.54, 1.807) is 0 Å².